The van der Waals surface area contributed by atoms with E-state index in [1.165, 1.54) is 0 Å². The Morgan fingerprint density at radius 2 is 2.05 bits per heavy atom. The molecular formula is C14H17F4NO2. The van der Waals surface area contributed by atoms with Gasteiger partial charge in [0.25, 0.3) is 0 Å². The molecule has 1 saturated heterocycles. The van der Waals surface area contributed by atoms with E-state index in [1.807, 2.05) is 11.8 Å². The molecule has 1 fully saturated rings. The lowest BCUT2D eigenvalue weighted by Crippen LogP contribution is -2.48. The molecule has 0 aliphatic carbocycles. The molecule has 0 bridgehead atoms. The summed E-state index contributed by atoms with van der Waals surface area (Å²) in [5, 5.41) is 9.10. The quantitative estimate of drug-likeness (QED) is 0.871. The molecule has 1 heterocycles. The number of alkyl halides is 3. The van der Waals surface area contributed by atoms with Crippen molar-refractivity contribution in [2.24, 2.45) is 0 Å². The van der Waals surface area contributed by atoms with Crippen LogP contribution >= 0.6 is 0 Å². The van der Waals surface area contributed by atoms with Crippen molar-refractivity contribution >= 4 is 0 Å². The van der Waals surface area contributed by atoms with Gasteiger partial charge in [0.1, 0.15) is 5.82 Å². The second-order valence-electron chi connectivity index (χ2n) is 5.26. The molecule has 1 N–H and O–H groups in total. The third-order valence-corrected chi connectivity index (χ3v) is 3.51. The van der Waals surface area contributed by atoms with E-state index in [2.05, 4.69) is 0 Å². The van der Waals surface area contributed by atoms with Crippen LogP contribution < -0.4 is 0 Å². The van der Waals surface area contributed by atoms with Gasteiger partial charge >= 0.3 is 6.18 Å². The molecule has 0 aromatic heterocycles. The molecule has 1 aromatic rings. The highest BCUT2D eigenvalue weighted by molar-refractivity contribution is 5.27. The fraction of sp³-hybridized carbons (Fsp3) is 0.571. The van der Waals surface area contributed by atoms with Crippen molar-refractivity contribution in [1.82, 2.24) is 4.90 Å². The molecule has 7 heteroatoms. The number of hydrogen-bond acceptors (Lipinski definition) is 3. The summed E-state index contributed by atoms with van der Waals surface area (Å²) in [4.78, 5) is 1.87. The number of ether oxygens (including phenoxy) is 1. The Morgan fingerprint density at radius 1 is 1.33 bits per heavy atom. The van der Waals surface area contributed by atoms with Crippen LogP contribution in [-0.4, -0.2) is 41.9 Å². The van der Waals surface area contributed by atoms with Crippen molar-refractivity contribution in [3.05, 3.63) is 35.1 Å². The molecule has 1 aliphatic rings. The van der Waals surface area contributed by atoms with E-state index in [1.54, 1.807) is 0 Å². The number of benzene rings is 1. The lowest BCUT2D eigenvalue weighted by Gasteiger charge is -2.37. The summed E-state index contributed by atoms with van der Waals surface area (Å²) >= 11 is 0. The maximum absolute atomic E-state index is 13.4. The normalized spacial score (nSPS) is 24.3. The second kappa shape index (κ2) is 6.29. The molecule has 1 aliphatic heterocycles. The smallest absolute Gasteiger partial charge is 0.394 e. The highest BCUT2D eigenvalue weighted by Gasteiger charge is 2.32. The largest absolute Gasteiger partial charge is 0.416 e. The molecule has 2 unspecified atom stereocenters. The Bertz CT molecular complexity index is 492. The summed E-state index contributed by atoms with van der Waals surface area (Å²) in [5.41, 5.74) is -0.732. The molecule has 0 spiro atoms. The Morgan fingerprint density at radius 3 is 2.67 bits per heavy atom. The number of halogens is 4. The van der Waals surface area contributed by atoms with Gasteiger partial charge in [-0.3, -0.25) is 4.90 Å². The van der Waals surface area contributed by atoms with E-state index in [9.17, 15) is 17.6 Å². The number of rotatable bonds is 3. The predicted octanol–water partition coefficient (Wildman–Crippen LogP) is 2.43. The van der Waals surface area contributed by atoms with Crippen LogP contribution in [0.5, 0.6) is 0 Å². The van der Waals surface area contributed by atoms with Crippen LogP contribution in [0.2, 0.25) is 0 Å². The minimum absolute atomic E-state index is 0.00889. The second-order valence-corrected chi connectivity index (χ2v) is 5.26. The monoisotopic (exact) mass is 307 g/mol. The van der Waals surface area contributed by atoms with E-state index in [-0.39, 0.29) is 30.9 Å². The van der Waals surface area contributed by atoms with Crippen LogP contribution in [0, 0.1) is 5.82 Å². The van der Waals surface area contributed by atoms with E-state index < -0.39 is 17.6 Å². The summed E-state index contributed by atoms with van der Waals surface area (Å²) < 4.78 is 56.8. The average molecular weight is 307 g/mol. The number of aliphatic hydroxyl groups is 1. The van der Waals surface area contributed by atoms with Crippen LogP contribution in [-0.2, 0) is 17.5 Å². The summed E-state index contributed by atoms with van der Waals surface area (Å²) in [6.07, 6.45) is -4.93. The molecule has 118 valence electrons. The molecule has 0 amide bonds. The molecule has 21 heavy (non-hydrogen) atoms. The van der Waals surface area contributed by atoms with Crippen molar-refractivity contribution in [1.29, 1.82) is 0 Å². The Hall–Kier alpha value is -1.18. The third kappa shape index (κ3) is 4.15. The van der Waals surface area contributed by atoms with Gasteiger partial charge in [-0.15, -0.1) is 0 Å². The van der Waals surface area contributed by atoms with Gasteiger partial charge in [0.05, 0.1) is 24.9 Å². The van der Waals surface area contributed by atoms with Gasteiger partial charge in [-0.25, -0.2) is 4.39 Å². The molecule has 0 radical (unpaired) electrons. The minimum atomic E-state index is -4.57. The lowest BCUT2D eigenvalue weighted by molar-refractivity contribution is -0.137. The fourth-order valence-corrected chi connectivity index (χ4v) is 2.35. The Kier molecular flexibility index (Phi) is 4.85. The van der Waals surface area contributed by atoms with E-state index in [4.69, 9.17) is 9.84 Å². The summed E-state index contributed by atoms with van der Waals surface area (Å²) in [7, 11) is 0. The van der Waals surface area contributed by atoms with Crippen LogP contribution in [0.4, 0.5) is 17.6 Å². The number of nitrogens with zero attached hydrogens (tertiary/aromatic N) is 1. The molecule has 2 atom stereocenters. The maximum atomic E-state index is 13.4. The van der Waals surface area contributed by atoms with E-state index >= 15 is 0 Å². The minimum Gasteiger partial charge on any atom is -0.394 e. The van der Waals surface area contributed by atoms with Gasteiger partial charge in [0.2, 0.25) is 0 Å². The Labute approximate surface area is 120 Å². The first kappa shape index (κ1) is 16.2. The molecule has 1 aromatic carbocycles. The van der Waals surface area contributed by atoms with Crippen LogP contribution in [0.1, 0.15) is 18.1 Å². The average Bonchev–Trinajstić information content (AvgIpc) is 2.39. The number of hydrogen-bond donors (Lipinski definition) is 1. The first-order chi connectivity index (χ1) is 9.79. The van der Waals surface area contributed by atoms with Gasteiger partial charge in [-0.05, 0) is 30.7 Å². The number of morpholine rings is 1. The molecule has 3 nitrogen and oxygen atoms in total. The zero-order valence-corrected chi connectivity index (χ0v) is 11.5. The SMILES string of the molecule is CC1COC(CO)CN1Cc1cc(F)cc(C(F)(F)F)c1. The standard InChI is InChI=1S/C14H17F4NO2/c1-9-8-21-13(7-20)6-19(9)5-10-2-11(14(16,17)18)4-12(15)3-10/h2-4,9,13,20H,5-8H2,1H3. The van der Waals surface area contributed by atoms with Crippen molar-refractivity contribution in [3.63, 3.8) is 0 Å². The maximum Gasteiger partial charge on any atom is 0.416 e. The summed E-state index contributed by atoms with van der Waals surface area (Å²) in [6, 6.07) is 2.54. The van der Waals surface area contributed by atoms with E-state index in [0.29, 0.717) is 19.2 Å². The zero-order valence-electron chi connectivity index (χ0n) is 11.5. The van der Waals surface area contributed by atoms with Gasteiger partial charge in [-0.1, -0.05) is 0 Å². The fourth-order valence-electron chi connectivity index (χ4n) is 2.35. The van der Waals surface area contributed by atoms with Gasteiger partial charge in [0.15, 0.2) is 0 Å². The Balaban J connectivity index is 2.16. The van der Waals surface area contributed by atoms with Crippen molar-refractivity contribution in [2.45, 2.75) is 31.8 Å². The van der Waals surface area contributed by atoms with Gasteiger partial charge in [0, 0.05) is 19.1 Å². The van der Waals surface area contributed by atoms with Crippen molar-refractivity contribution in [3.8, 4) is 0 Å². The van der Waals surface area contributed by atoms with Crippen LogP contribution in [0.25, 0.3) is 0 Å². The molecule has 2 rings (SSSR count). The lowest BCUT2D eigenvalue weighted by atomic mass is 10.1. The topological polar surface area (TPSA) is 32.7 Å². The third-order valence-electron chi connectivity index (χ3n) is 3.51. The summed E-state index contributed by atoms with van der Waals surface area (Å²) in [5.74, 6) is -0.903. The van der Waals surface area contributed by atoms with Gasteiger partial charge in [-0.2, -0.15) is 13.2 Å². The van der Waals surface area contributed by atoms with Crippen LogP contribution in [0.3, 0.4) is 0 Å². The summed E-state index contributed by atoms with van der Waals surface area (Å²) in [6.45, 7) is 2.68. The zero-order chi connectivity index (χ0) is 15.6. The number of aliphatic hydroxyl groups excluding tert-OH is 1. The highest BCUT2D eigenvalue weighted by atomic mass is 19.4. The van der Waals surface area contributed by atoms with Crippen molar-refractivity contribution < 1.29 is 27.4 Å². The predicted molar refractivity (Wildman–Crippen MR) is 68.1 cm³/mol. The first-order valence-corrected chi connectivity index (χ1v) is 6.62. The van der Waals surface area contributed by atoms with Crippen molar-refractivity contribution in [2.75, 3.05) is 19.8 Å². The van der Waals surface area contributed by atoms with Gasteiger partial charge < -0.3 is 9.84 Å². The molecule has 0 saturated carbocycles. The van der Waals surface area contributed by atoms with Crippen LogP contribution in [0.15, 0.2) is 18.2 Å². The molecular weight excluding hydrogens is 290 g/mol. The van der Waals surface area contributed by atoms with E-state index in [0.717, 1.165) is 12.1 Å². The first-order valence-electron chi connectivity index (χ1n) is 6.62. The highest BCUT2D eigenvalue weighted by Crippen LogP contribution is 2.31.